The molecule has 0 radical (unpaired) electrons. The van der Waals surface area contributed by atoms with Gasteiger partial charge in [-0.05, 0) is 55.7 Å². The van der Waals surface area contributed by atoms with Crippen LogP contribution < -0.4 is 5.63 Å². The van der Waals surface area contributed by atoms with Gasteiger partial charge in [0, 0.05) is 23.1 Å². The summed E-state index contributed by atoms with van der Waals surface area (Å²) in [4.78, 5) is 13.1. The average Bonchev–Trinajstić information content (AvgIpc) is 2.63. The monoisotopic (exact) mass is 434 g/mol. The van der Waals surface area contributed by atoms with Crippen LogP contribution in [0.5, 0.6) is 5.75 Å². The Kier molecular flexibility index (Phi) is 6.31. The standard InChI is InChI=1S/C23H21F3O3S/c1-13-9-14(2)20(15(3)10-13)21-19(27)12-17(29-22(21)28)7-8-30-18-6-4-5-16(11-18)23(24,25)26/h4-6,9-12,27H,7-8H2,1-3H3. The van der Waals surface area contributed by atoms with E-state index in [-0.39, 0.29) is 23.5 Å². The van der Waals surface area contributed by atoms with Crippen LogP contribution in [0.4, 0.5) is 13.2 Å². The highest BCUT2D eigenvalue weighted by atomic mass is 32.2. The predicted octanol–water partition coefficient (Wildman–Crippen LogP) is 6.29. The fraction of sp³-hybridized carbons (Fsp3) is 0.261. The topological polar surface area (TPSA) is 50.4 Å². The lowest BCUT2D eigenvalue weighted by molar-refractivity contribution is -0.137. The smallest absolute Gasteiger partial charge is 0.416 e. The van der Waals surface area contributed by atoms with Crippen LogP contribution in [0, 0.1) is 20.8 Å². The van der Waals surface area contributed by atoms with Crippen molar-refractivity contribution >= 4 is 11.8 Å². The molecule has 0 amide bonds. The zero-order valence-corrected chi connectivity index (χ0v) is 17.6. The fourth-order valence-electron chi connectivity index (χ4n) is 3.49. The minimum atomic E-state index is -4.39. The summed E-state index contributed by atoms with van der Waals surface area (Å²) in [7, 11) is 0. The first kappa shape index (κ1) is 22.0. The van der Waals surface area contributed by atoms with E-state index in [1.54, 1.807) is 6.07 Å². The Bertz CT molecular complexity index is 1110. The molecule has 0 saturated heterocycles. The first-order valence-corrected chi connectivity index (χ1v) is 10.3. The Labute approximate surface area is 176 Å². The summed E-state index contributed by atoms with van der Waals surface area (Å²) in [5.41, 5.74) is 2.22. The van der Waals surface area contributed by atoms with Crippen molar-refractivity contribution in [2.24, 2.45) is 0 Å². The quantitative estimate of drug-likeness (QED) is 0.480. The van der Waals surface area contributed by atoms with Crippen LogP contribution >= 0.6 is 11.8 Å². The third kappa shape index (κ3) is 4.90. The summed E-state index contributed by atoms with van der Waals surface area (Å²) in [5.74, 6) is 0.509. The molecule has 0 fully saturated rings. The van der Waals surface area contributed by atoms with Gasteiger partial charge in [0.25, 0.3) is 0 Å². The summed E-state index contributed by atoms with van der Waals surface area (Å²) < 4.78 is 43.8. The van der Waals surface area contributed by atoms with E-state index in [0.717, 1.165) is 28.8 Å². The second-order valence-corrected chi connectivity index (χ2v) is 8.33. The van der Waals surface area contributed by atoms with Gasteiger partial charge in [0.2, 0.25) is 0 Å². The highest BCUT2D eigenvalue weighted by Crippen LogP contribution is 2.34. The van der Waals surface area contributed by atoms with Crippen molar-refractivity contribution in [1.82, 2.24) is 0 Å². The number of hydrogen-bond donors (Lipinski definition) is 1. The second-order valence-electron chi connectivity index (χ2n) is 7.16. The fourth-order valence-corrected chi connectivity index (χ4v) is 4.41. The SMILES string of the molecule is Cc1cc(C)c(-c2c(O)cc(CCSc3cccc(C(F)(F)F)c3)oc2=O)c(C)c1. The van der Waals surface area contributed by atoms with Gasteiger partial charge in [-0.1, -0.05) is 23.8 Å². The summed E-state index contributed by atoms with van der Waals surface area (Å²) in [6.45, 7) is 5.69. The molecular formula is C23H21F3O3S. The van der Waals surface area contributed by atoms with Crippen molar-refractivity contribution in [2.75, 3.05) is 5.75 Å². The molecule has 30 heavy (non-hydrogen) atoms. The van der Waals surface area contributed by atoms with Gasteiger partial charge in [-0.2, -0.15) is 13.2 Å². The molecule has 3 rings (SSSR count). The lowest BCUT2D eigenvalue weighted by Gasteiger charge is -2.12. The van der Waals surface area contributed by atoms with Crippen LogP contribution in [0.2, 0.25) is 0 Å². The number of thioether (sulfide) groups is 1. The van der Waals surface area contributed by atoms with Crippen molar-refractivity contribution in [2.45, 2.75) is 38.3 Å². The van der Waals surface area contributed by atoms with E-state index in [2.05, 4.69) is 0 Å². The maximum atomic E-state index is 12.8. The number of halogens is 3. The predicted molar refractivity (Wildman–Crippen MR) is 112 cm³/mol. The Hall–Kier alpha value is -2.67. The molecule has 7 heteroatoms. The first-order valence-electron chi connectivity index (χ1n) is 9.30. The number of aryl methyl sites for hydroxylation is 4. The van der Waals surface area contributed by atoms with Crippen LogP contribution in [0.1, 0.15) is 28.0 Å². The van der Waals surface area contributed by atoms with Crippen LogP contribution in [0.15, 0.2) is 56.6 Å². The van der Waals surface area contributed by atoms with E-state index in [9.17, 15) is 23.1 Å². The van der Waals surface area contributed by atoms with Crippen molar-refractivity contribution in [3.05, 3.63) is 80.9 Å². The molecule has 158 valence electrons. The average molecular weight is 434 g/mol. The molecule has 0 aliphatic carbocycles. The van der Waals surface area contributed by atoms with Gasteiger partial charge in [0.05, 0.1) is 5.56 Å². The lowest BCUT2D eigenvalue weighted by atomic mass is 9.94. The minimum Gasteiger partial charge on any atom is -0.507 e. The summed E-state index contributed by atoms with van der Waals surface area (Å²) >= 11 is 1.22. The summed E-state index contributed by atoms with van der Waals surface area (Å²) in [5, 5.41) is 10.5. The molecule has 3 nitrogen and oxygen atoms in total. The zero-order valence-electron chi connectivity index (χ0n) is 16.8. The molecule has 0 bridgehead atoms. The Morgan fingerprint density at radius 1 is 1.00 bits per heavy atom. The van der Waals surface area contributed by atoms with Crippen LogP contribution in [-0.4, -0.2) is 10.9 Å². The van der Waals surface area contributed by atoms with E-state index >= 15 is 0 Å². The third-order valence-corrected chi connectivity index (χ3v) is 5.68. The Morgan fingerprint density at radius 3 is 2.27 bits per heavy atom. The van der Waals surface area contributed by atoms with Gasteiger partial charge in [0.1, 0.15) is 17.1 Å². The highest BCUT2D eigenvalue weighted by molar-refractivity contribution is 7.99. The number of benzene rings is 2. The van der Waals surface area contributed by atoms with E-state index in [1.165, 1.54) is 23.9 Å². The molecular weight excluding hydrogens is 413 g/mol. The minimum absolute atomic E-state index is 0.124. The van der Waals surface area contributed by atoms with E-state index in [4.69, 9.17) is 4.42 Å². The summed E-state index contributed by atoms with van der Waals surface area (Å²) in [6.07, 6.45) is -4.10. The van der Waals surface area contributed by atoms with Gasteiger partial charge < -0.3 is 9.52 Å². The number of alkyl halides is 3. The van der Waals surface area contributed by atoms with Crippen LogP contribution in [0.25, 0.3) is 11.1 Å². The molecule has 0 atom stereocenters. The van der Waals surface area contributed by atoms with Crippen molar-refractivity contribution < 1.29 is 22.7 Å². The molecule has 0 spiro atoms. The molecule has 3 aromatic rings. The molecule has 0 unspecified atom stereocenters. The normalized spacial score (nSPS) is 11.7. The highest BCUT2D eigenvalue weighted by Gasteiger charge is 2.30. The molecule has 1 N–H and O–H groups in total. The second kappa shape index (κ2) is 8.60. The Morgan fingerprint density at radius 2 is 1.67 bits per heavy atom. The number of aromatic hydroxyl groups is 1. The maximum absolute atomic E-state index is 12.8. The largest absolute Gasteiger partial charge is 0.507 e. The molecule has 2 aromatic carbocycles. The maximum Gasteiger partial charge on any atom is 0.416 e. The van der Waals surface area contributed by atoms with Gasteiger partial charge in [-0.25, -0.2) is 4.79 Å². The zero-order chi connectivity index (χ0) is 22.1. The van der Waals surface area contributed by atoms with E-state index in [0.29, 0.717) is 16.2 Å². The van der Waals surface area contributed by atoms with Gasteiger partial charge in [-0.3, -0.25) is 0 Å². The Balaban J connectivity index is 1.78. The first-order chi connectivity index (χ1) is 14.1. The van der Waals surface area contributed by atoms with Gasteiger partial charge >= 0.3 is 11.8 Å². The van der Waals surface area contributed by atoms with Gasteiger partial charge in [0.15, 0.2) is 0 Å². The van der Waals surface area contributed by atoms with E-state index < -0.39 is 17.4 Å². The lowest BCUT2D eigenvalue weighted by Crippen LogP contribution is -2.08. The van der Waals surface area contributed by atoms with Crippen LogP contribution in [-0.2, 0) is 12.6 Å². The third-order valence-electron chi connectivity index (χ3n) is 4.69. The van der Waals surface area contributed by atoms with Crippen LogP contribution in [0.3, 0.4) is 0 Å². The molecule has 1 aromatic heterocycles. The van der Waals surface area contributed by atoms with Crippen molar-refractivity contribution in [3.63, 3.8) is 0 Å². The van der Waals surface area contributed by atoms with Gasteiger partial charge in [-0.15, -0.1) is 11.8 Å². The molecule has 0 aliphatic heterocycles. The molecule has 0 saturated carbocycles. The summed E-state index contributed by atoms with van der Waals surface area (Å²) in [6, 6.07) is 10.3. The van der Waals surface area contributed by atoms with E-state index in [1.807, 2.05) is 32.9 Å². The number of rotatable bonds is 5. The van der Waals surface area contributed by atoms with Crippen molar-refractivity contribution in [1.29, 1.82) is 0 Å². The number of hydrogen-bond acceptors (Lipinski definition) is 4. The molecule has 1 heterocycles. The molecule has 0 aliphatic rings. The van der Waals surface area contributed by atoms with Crippen molar-refractivity contribution in [3.8, 4) is 16.9 Å².